The number of halogens is 1. The maximum Gasteiger partial charge on any atom is 0.231 e. The quantitative estimate of drug-likeness (QED) is 0.701. The molecule has 0 radical (unpaired) electrons. The summed E-state index contributed by atoms with van der Waals surface area (Å²) in [5, 5.41) is 13.8. The summed E-state index contributed by atoms with van der Waals surface area (Å²) in [5.41, 5.74) is 0.563. The van der Waals surface area contributed by atoms with Gasteiger partial charge in [-0.1, -0.05) is 28.1 Å². The van der Waals surface area contributed by atoms with Crippen molar-refractivity contribution in [1.29, 1.82) is 0 Å². The molecule has 5 rings (SSSR count). The van der Waals surface area contributed by atoms with Crippen LogP contribution in [0.5, 0.6) is 11.5 Å². The number of carbonyl (C=O) groups is 2. The average molecular weight is 419 g/mol. The SMILES string of the molecule is CN1CCC23c4c5ccc(O)c4O[C@H]2C(=O)C=C[C@@]3(NC(=O)CBr)C1C5. The molecule has 136 valence electrons. The van der Waals surface area contributed by atoms with E-state index in [4.69, 9.17) is 4.74 Å². The first-order valence-electron chi connectivity index (χ1n) is 8.77. The molecule has 1 aromatic carbocycles. The number of phenolic OH excluding ortho intramolecular Hbond substituents is 1. The Kier molecular flexibility index (Phi) is 3.20. The lowest BCUT2D eigenvalue weighted by Gasteiger charge is -2.62. The number of phenols is 1. The van der Waals surface area contributed by atoms with Crippen molar-refractivity contribution in [3.05, 3.63) is 35.4 Å². The third kappa shape index (κ3) is 1.66. The van der Waals surface area contributed by atoms with Crippen LogP contribution in [0.1, 0.15) is 17.5 Å². The van der Waals surface area contributed by atoms with Crippen LogP contribution in [0.4, 0.5) is 0 Å². The van der Waals surface area contributed by atoms with Gasteiger partial charge in [-0.15, -0.1) is 0 Å². The first kappa shape index (κ1) is 16.3. The summed E-state index contributed by atoms with van der Waals surface area (Å²) in [7, 11) is 2.06. The van der Waals surface area contributed by atoms with Gasteiger partial charge in [-0.05, 0) is 44.1 Å². The number of rotatable bonds is 2. The van der Waals surface area contributed by atoms with E-state index in [0.29, 0.717) is 12.2 Å². The molecule has 1 amide bonds. The first-order chi connectivity index (χ1) is 12.4. The van der Waals surface area contributed by atoms with Crippen molar-refractivity contribution in [2.24, 2.45) is 0 Å². The molecule has 2 aliphatic carbocycles. The molecular formula is C19H19BrN2O4. The number of benzene rings is 1. The van der Waals surface area contributed by atoms with E-state index in [2.05, 4.69) is 33.2 Å². The highest BCUT2D eigenvalue weighted by atomic mass is 79.9. The molecular weight excluding hydrogens is 400 g/mol. The number of hydrogen-bond acceptors (Lipinski definition) is 5. The molecule has 2 aliphatic heterocycles. The normalized spacial score (nSPS) is 36.5. The molecule has 1 spiro atoms. The van der Waals surface area contributed by atoms with Gasteiger partial charge in [-0.25, -0.2) is 0 Å². The van der Waals surface area contributed by atoms with E-state index in [0.717, 1.165) is 24.1 Å². The van der Waals surface area contributed by atoms with E-state index in [1.807, 2.05) is 12.1 Å². The van der Waals surface area contributed by atoms with Crippen LogP contribution >= 0.6 is 15.9 Å². The summed E-state index contributed by atoms with van der Waals surface area (Å²) in [6, 6.07) is 3.57. The van der Waals surface area contributed by atoms with Crippen molar-refractivity contribution in [2.45, 2.75) is 35.9 Å². The fourth-order valence-corrected chi connectivity index (χ4v) is 5.81. The lowest BCUT2D eigenvalue weighted by molar-refractivity contribution is -0.134. The molecule has 7 heteroatoms. The van der Waals surface area contributed by atoms with Crippen molar-refractivity contribution in [2.75, 3.05) is 18.9 Å². The van der Waals surface area contributed by atoms with Gasteiger partial charge in [0.1, 0.15) is 0 Å². The number of aromatic hydroxyl groups is 1. The lowest BCUT2D eigenvalue weighted by atomic mass is 9.49. The van der Waals surface area contributed by atoms with Crippen LogP contribution in [0.25, 0.3) is 0 Å². The van der Waals surface area contributed by atoms with Gasteiger partial charge < -0.3 is 20.1 Å². The van der Waals surface area contributed by atoms with Gasteiger partial charge in [-0.3, -0.25) is 9.59 Å². The zero-order valence-electron chi connectivity index (χ0n) is 14.3. The Bertz CT molecular complexity index is 885. The van der Waals surface area contributed by atoms with Gasteiger partial charge in [0.15, 0.2) is 23.4 Å². The smallest absolute Gasteiger partial charge is 0.231 e. The third-order valence-electron chi connectivity index (χ3n) is 6.66. The molecule has 1 saturated heterocycles. The average Bonchev–Trinajstić information content (AvgIpc) is 2.99. The minimum Gasteiger partial charge on any atom is -0.504 e. The number of alkyl halides is 1. The third-order valence-corrected chi connectivity index (χ3v) is 7.17. The number of likely N-dealkylation sites (tertiary alicyclic amines) is 1. The second-order valence-electron chi connectivity index (χ2n) is 7.65. The lowest BCUT2D eigenvalue weighted by Crippen LogP contribution is -2.80. The van der Waals surface area contributed by atoms with Gasteiger partial charge >= 0.3 is 0 Å². The number of ketones is 1. The standard InChI is InChI=1S/C19H19BrN2O4/c1-22-7-6-18-15-10-2-3-11(23)16(15)26-17(18)12(24)4-5-19(18,13(22)8-10)21-14(25)9-20/h2-5,13,17,23H,6-9H2,1H3,(H,21,25)/t13?,17-,18?,19+/m0/s1. The van der Waals surface area contributed by atoms with Crippen LogP contribution in [-0.2, 0) is 21.4 Å². The van der Waals surface area contributed by atoms with Crippen LogP contribution in [0.3, 0.4) is 0 Å². The Balaban J connectivity index is 1.85. The molecule has 1 aromatic rings. The predicted octanol–water partition coefficient (Wildman–Crippen LogP) is 1.04. The topological polar surface area (TPSA) is 78.9 Å². The van der Waals surface area contributed by atoms with E-state index < -0.39 is 17.1 Å². The summed E-state index contributed by atoms with van der Waals surface area (Å²) in [6.45, 7) is 0.798. The van der Waals surface area contributed by atoms with E-state index in [-0.39, 0.29) is 28.8 Å². The van der Waals surface area contributed by atoms with Crippen molar-refractivity contribution in [1.82, 2.24) is 10.2 Å². The second-order valence-corrected chi connectivity index (χ2v) is 8.21. The number of ether oxygens (including phenoxy) is 1. The maximum atomic E-state index is 12.8. The van der Waals surface area contributed by atoms with Crippen molar-refractivity contribution in [3.8, 4) is 11.5 Å². The zero-order valence-corrected chi connectivity index (χ0v) is 15.9. The van der Waals surface area contributed by atoms with Crippen LogP contribution in [0.2, 0.25) is 0 Å². The predicted molar refractivity (Wildman–Crippen MR) is 97.8 cm³/mol. The van der Waals surface area contributed by atoms with Crippen molar-refractivity contribution < 1.29 is 19.4 Å². The zero-order chi connectivity index (χ0) is 18.3. The van der Waals surface area contributed by atoms with E-state index in [1.165, 1.54) is 6.08 Å². The van der Waals surface area contributed by atoms with E-state index in [1.54, 1.807) is 6.07 Å². The van der Waals surface area contributed by atoms with Gasteiger partial charge in [0.05, 0.1) is 16.3 Å². The number of hydrogen-bond donors (Lipinski definition) is 2. The van der Waals surface area contributed by atoms with Gasteiger partial charge in [-0.2, -0.15) is 0 Å². The summed E-state index contributed by atoms with van der Waals surface area (Å²) >= 11 is 3.24. The van der Waals surface area contributed by atoms with E-state index >= 15 is 0 Å². The summed E-state index contributed by atoms with van der Waals surface area (Å²) in [6.07, 6.45) is 4.09. The summed E-state index contributed by atoms with van der Waals surface area (Å²) < 4.78 is 6.06. The minimum absolute atomic E-state index is 0.0118. The molecule has 2 N–H and O–H groups in total. The van der Waals surface area contributed by atoms with Crippen LogP contribution in [-0.4, -0.2) is 58.3 Å². The molecule has 4 aliphatic rings. The minimum atomic E-state index is -0.741. The van der Waals surface area contributed by atoms with E-state index in [9.17, 15) is 14.7 Å². The molecule has 0 saturated carbocycles. The Morgan fingerprint density at radius 3 is 3.08 bits per heavy atom. The van der Waals surface area contributed by atoms with Crippen molar-refractivity contribution >= 4 is 27.6 Å². The number of carbonyl (C=O) groups excluding carboxylic acids is 2. The molecule has 2 unspecified atom stereocenters. The highest BCUT2D eigenvalue weighted by Crippen LogP contribution is 2.63. The van der Waals surface area contributed by atoms with Crippen LogP contribution in [0.15, 0.2) is 24.3 Å². The first-order valence-corrected chi connectivity index (χ1v) is 9.89. The molecule has 6 nitrogen and oxygen atoms in total. The van der Waals surface area contributed by atoms with Gasteiger partial charge in [0.25, 0.3) is 0 Å². The maximum absolute atomic E-state index is 12.8. The Labute approximate surface area is 159 Å². The largest absolute Gasteiger partial charge is 0.504 e. The summed E-state index contributed by atoms with van der Waals surface area (Å²) in [5.74, 6) is 0.225. The monoisotopic (exact) mass is 418 g/mol. The second kappa shape index (κ2) is 5.10. The van der Waals surface area contributed by atoms with Crippen LogP contribution in [0, 0.1) is 0 Å². The van der Waals surface area contributed by atoms with Crippen LogP contribution < -0.4 is 10.1 Å². The number of piperidine rings is 1. The Morgan fingerprint density at radius 1 is 1.50 bits per heavy atom. The number of likely N-dealkylation sites (N-methyl/N-ethyl adjacent to an activating group) is 1. The number of nitrogens with zero attached hydrogens (tertiary/aromatic N) is 1. The Morgan fingerprint density at radius 2 is 2.31 bits per heavy atom. The van der Waals surface area contributed by atoms with Crippen molar-refractivity contribution in [3.63, 3.8) is 0 Å². The number of nitrogens with one attached hydrogen (secondary N) is 1. The molecule has 1 fully saturated rings. The molecule has 0 aromatic heterocycles. The van der Waals surface area contributed by atoms with Gasteiger partial charge in [0.2, 0.25) is 5.91 Å². The molecule has 2 bridgehead atoms. The fraction of sp³-hybridized carbons (Fsp3) is 0.474. The highest BCUT2D eigenvalue weighted by molar-refractivity contribution is 9.09. The number of amides is 1. The summed E-state index contributed by atoms with van der Waals surface area (Å²) in [4.78, 5) is 27.5. The molecule has 2 heterocycles. The Hall–Kier alpha value is -1.86. The fourth-order valence-electron chi connectivity index (χ4n) is 5.67. The molecule has 4 atom stereocenters. The molecule has 26 heavy (non-hydrogen) atoms. The highest BCUT2D eigenvalue weighted by Gasteiger charge is 2.72. The van der Waals surface area contributed by atoms with Gasteiger partial charge in [0, 0.05) is 11.6 Å².